The van der Waals surface area contributed by atoms with Crippen molar-refractivity contribution in [3.05, 3.63) is 200 Å². The number of aliphatic hydroxyl groups excluding tert-OH is 1. The van der Waals surface area contributed by atoms with Crippen LogP contribution in [0.5, 0.6) is 28.9 Å². The Morgan fingerprint density at radius 3 is 1.23 bits per heavy atom. The second-order valence-electron chi connectivity index (χ2n) is 36.4. The molecule has 6 N–H and O–H groups in total. The molecule has 0 spiro atoms. The fourth-order valence-electron chi connectivity index (χ4n) is 13.3. The third kappa shape index (κ3) is 41.6. The van der Waals surface area contributed by atoms with E-state index in [9.17, 15) is 29.1 Å². The fraction of sp³-hybridized carbons (Fsp3) is 0.550. The molecule has 3 amide bonds. The van der Waals surface area contributed by atoms with Crippen molar-refractivity contribution in [1.29, 1.82) is 0 Å². The third-order valence-corrected chi connectivity index (χ3v) is 21.4. The molecule has 2 atom stereocenters. The zero-order valence-electron chi connectivity index (χ0n) is 82.6. The molecule has 6 fully saturated rings. The second kappa shape index (κ2) is 58.1. The largest absolute Gasteiger partial charge is 2.00 e. The summed E-state index contributed by atoms with van der Waals surface area (Å²) in [5.74, 6) is 2.61. The Balaban J connectivity index is 0.000000388. The van der Waals surface area contributed by atoms with Gasteiger partial charge in [0, 0.05) is 86.1 Å². The summed E-state index contributed by atoms with van der Waals surface area (Å²) >= 11 is 2.33. The topological polar surface area (TPSA) is 315 Å². The van der Waals surface area contributed by atoms with Crippen LogP contribution < -0.4 is 57.9 Å². The number of likely N-dealkylation sites (N-methyl/N-ethyl adjacent to an activating group) is 2. The number of esters is 1. The Morgan fingerprint density at radius 2 is 0.916 bits per heavy atom. The normalized spacial score (nSPS) is 16.0. The number of halogens is 2. The van der Waals surface area contributed by atoms with Crippen molar-refractivity contribution in [2.45, 2.75) is 226 Å². The fourth-order valence-corrected chi connectivity index (χ4v) is 14.2. The summed E-state index contributed by atoms with van der Waals surface area (Å²) in [6.45, 7) is 43.1. The smallest absolute Gasteiger partial charge is 1.00 e. The number of rotatable bonds is 19. The number of ether oxygens (including phenoxy) is 10. The number of amides is 3. The number of β-amino-alcohol motifs (C(OH)–C–C–N with tert-alkyl or cyclic N) is 1. The van der Waals surface area contributed by atoms with Gasteiger partial charge in [-0.25, -0.2) is 24.2 Å². The van der Waals surface area contributed by atoms with E-state index in [4.69, 9.17) is 58.2 Å². The molecular weight excluding hydrogens is 1860 g/mol. The molecule has 7 aromatic rings. The van der Waals surface area contributed by atoms with Gasteiger partial charge in [-0.05, 0) is 200 Å². The number of aryl methyl sites for hydroxylation is 4. The first kappa shape index (κ1) is 117. The molecule has 28 nitrogen and oxygen atoms in total. The van der Waals surface area contributed by atoms with Crippen molar-refractivity contribution in [2.24, 2.45) is 10.7 Å². The van der Waals surface area contributed by atoms with Crippen LogP contribution in [-0.2, 0) is 35.0 Å². The molecule has 1 aromatic heterocycles. The Hall–Kier alpha value is -8.35. The molecule has 6 heterocycles. The number of aliphatic imine (C=N–C) groups is 1. The van der Waals surface area contributed by atoms with E-state index in [1.807, 2.05) is 120 Å². The van der Waals surface area contributed by atoms with Crippen molar-refractivity contribution in [3.63, 3.8) is 0 Å². The maximum Gasteiger partial charge on any atom is 2.00 e. The number of carbonyl (C=O) groups is 4. The Morgan fingerprint density at radius 1 is 0.557 bits per heavy atom. The molecule has 0 unspecified atom stereocenters. The minimum Gasteiger partial charge on any atom is -1.00 e. The number of aromatic hydroxyl groups is 1. The molecule has 1 aliphatic carbocycles. The quantitative estimate of drug-likeness (QED) is 0.00734. The Bertz CT molecular complexity index is 4440. The van der Waals surface area contributed by atoms with Crippen molar-refractivity contribution < 1.29 is 93.7 Å². The standard InChI is InChI=1S/C19H24N2O7.C15H21NO2.C13H20N2O3.C10H22N2.2C10H13N.C8H14INO2.C8H15NO3.C7H7.BrH.Mg/c1-6-27-19(24)15-17(22)20-14(10-28-11(2)3)21(18(15)23)16-12(25-4)8-7-9-13(16)26-5;1-11-5-7-12(8-6-11)13-9-16(10-13)14(17)18-15(2,3)4;1-9(2)18-8-12(14)15-13-10(16-3)6-5-7-11(13)17-4;1-11(2)9-7-5-6-8-10(9)12(3)4;2*1-8-2-4-9(5-3-8)10-6-11-7-10;1-8(2,3)12-7(11)10-4-6(9)5-10;1-8(2,3)12-7(11)9-4-6(10)5-9;1-7-5-3-2-4-6-7;;/h7-9,11,22H,6,10H2,1-5H3;5-8,13H,9-10H2,1-4H3;5-7,9H,8H2,1-4H3,(H2,14,15);9-10H,5-8H2,1-4H3;2*2-5,10-11H,6-7H2,1H3;6H,4-5H2,1-3H3;6,10H,4-5H2,1-3H3;3-6H,1H3;1H;/q;;;;;;;;-1;;+2/p-1/t;;;9-,10-;;;;;;;/m...1......./s1. The second-order valence-corrected chi connectivity index (χ2v) is 38.2. The van der Waals surface area contributed by atoms with Crippen LogP contribution in [-0.4, -0.2) is 284 Å². The Kier molecular flexibility index (Phi) is 51.8. The maximum absolute atomic E-state index is 13.2. The first-order chi connectivity index (χ1) is 60.8. The predicted octanol–water partition coefficient (Wildman–Crippen LogP) is 13.3. The van der Waals surface area contributed by atoms with Gasteiger partial charge in [0.1, 0.15) is 76.0 Å². The number of benzene rings is 6. The number of nitrogens with one attached hydrogen (secondary N) is 2. The van der Waals surface area contributed by atoms with E-state index in [0.29, 0.717) is 57.5 Å². The van der Waals surface area contributed by atoms with Gasteiger partial charge in [0.25, 0.3) is 5.56 Å². The minimum atomic E-state index is -0.976. The maximum atomic E-state index is 13.2. The van der Waals surface area contributed by atoms with Gasteiger partial charge < -0.3 is 115 Å². The first-order valence-corrected chi connectivity index (χ1v) is 45.7. The molecule has 5 aliphatic heterocycles. The monoisotopic (exact) mass is 2010 g/mol. The molecule has 131 heavy (non-hydrogen) atoms. The third-order valence-electron chi connectivity index (χ3n) is 20.7. The van der Waals surface area contributed by atoms with Crippen LogP contribution in [0.25, 0.3) is 5.69 Å². The Labute approximate surface area is 820 Å². The van der Waals surface area contributed by atoms with E-state index in [2.05, 4.69) is 188 Å². The van der Waals surface area contributed by atoms with Crippen molar-refractivity contribution >= 4 is 81.4 Å². The van der Waals surface area contributed by atoms with E-state index < -0.39 is 34.2 Å². The number of para-hydroxylation sites is 2. The van der Waals surface area contributed by atoms with E-state index in [-0.39, 0.29) is 114 Å². The van der Waals surface area contributed by atoms with E-state index in [0.717, 1.165) is 80.8 Å². The first-order valence-electron chi connectivity index (χ1n) is 44.4. The van der Waals surface area contributed by atoms with Crippen LogP contribution in [0.4, 0.5) is 20.1 Å². The number of hydrogen-bond donors (Lipinski definition) is 5. The number of nitrogens with zero attached hydrogens (tertiary/aromatic N) is 8. The van der Waals surface area contributed by atoms with Gasteiger partial charge in [0.2, 0.25) is 5.88 Å². The van der Waals surface area contributed by atoms with Crippen molar-refractivity contribution in [1.82, 2.24) is 44.7 Å². The molecule has 5 saturated heterocycles. The number of aliphatic hydroxyl groups is 1. The molecule has 13 rings (SSSR count). The number of methoxy groups -OCH3 is 4. The van der Waals surface area contributed by atoms with Gasteiger partial charge in [0.15, 0.2) is 5.56 Å². The molecule has 6 aliphatic rings. The van der Waals surface area contributed by atoms with Crippen LogP contribution in [0, 0.1) is 33.8 Å². The number of carbonyl (C=O) groups excluding carboxylic acids is 4. The van der Waals surface area contributed by atoms with Crippen LogP contribution in [0.2, 0.25) is 0 Å². The van der Waals surface area contributed by atoms with Gasteiger partial charge in [-0.3, -0.25) is 9.36 Å². The number of alkyl halides is 1. The SMILES string of the molecule is CC(C)(C)OC(=O)N1CC(I)C1.CC(C)(C)OC(=O)N1CC(O)C1.CCOC(=O)c1c(O)nc(COC(C)C)n(-c2c(OC)cccc2OC)c1=O.CN(C)[C@@H]1CCCC[C@H]1N(C)C.COc1cccc(OC)c1N=C(N)COC(C)C.Cc1cc[c-]cc1.Cc1ccc(C2CN(C(=O)OC(C)(C)C)C2)cc1.Cc1ccc(C2CNC2)cc1.Cc1ccc(C2CNC2)cc1.[Br-].[Mg+2]. The summed E-state index contributed by atoms with van der Waals surface area (Å²) in [7, 11) is 14.8. The number of likely N-dealkylation sites (tertiary alicyclic amines) is 3. The van der Waals surface area contributed by atoms with Gasteiger partial charge in [-0.2, -0.15) is 40.9 Å². The molecule has 31 heteroatoms. The summed E-state index contributed by atoms with van der Waals surface area (Å²) in [5.41, 5.74) is 13.5. The van der Waals surface area contributed by atoms with Crippen LogP contribution in [0.3, 0.4) is 0 Å². The number of amidine groups is 1. The summed E-state index contributed by atoms with van der Waals surface area (Å²) < 4.78 is 54.3. The number of hydrogen-bond acceptors (Lipinski definition) is 23. The van der Waals surface area contributed by atoms with Crippen LogP contribution in [0.1, 0.15) is 195 Å². The molecular formula is C100H149BrIMgN11O17. The van der Waals surface area contributed by atoms with Crippen molar-refractivity contribution in [2.75, 3.05) is 135 Å². The predicted molar refractivity (Wildman–Crippen MR) is 526 cm³/mol. The van der Waals surface area contributed by atoms with E-state index in [1.54, 1.807) is 61.3 Å². The van der Waals surface area contributed by atoms with Gasteiger partial charge in [-0.15, -0.1) is 0 Å². The van der Waals surface area contributed by atoms with E-state index in [1.165, 1.54) is 83.7 Å². The van der Waals surface area contributed by atoms with Crippen LogP contribution >= 0.6 is 22.6 Å². The average molecular weight is 2010 g/mol. The van der Waals surface area contributed by atoms with Crippen LogP contribution in [0.15, 0.2) is 143 Å². The van der Waals surface area contributed by atoms with E-state index >= 15 is 0 Å². The number of aromatic nitrogens is 2. The van der Waals surface area contributed by atoms with Crippen molar-refractivity contribution in [3.8, 4) is 34.6 Å². The summed E-state index contributed by atoms with van der Waals surface area (Å²) in [4.78, 5) is 77.7. The summed E-state index contributed by atoms with van der Waals surface area (Å²) in [6, 6.07) is 49.0. The summed E-state index contributed by atoms with van der Waals surface area (Å²) in [6.07, 6.45) is 4.42. The average Bonchev–Trinajstić information content (AvgIpc) is 0.759. The molecule has 0 bridgehead atoms. The van der Waals surface area contributed by atoms with Gasteiger partial charge in [-0.1, -0.05) is 144 Å². The van der Waals surface area contributed by atoms with Gasteiger partial charge >= 0.3 is 47.3 Å². The molecule has 1 saturated carbocycles. The molecule has 722 valence electrons. The summed E-state index contributed by atoms with van der Waals surface area (Å²) in [5, 5.41) is 25.7. The molecule has 6 aromatic carbocycles. The zero-order chi connectivity index (χ0) is 96.0. The number of nitrogens with two attached hydrogens (primary N) is 1. The minimum absolute atomic E-state index is 0. The zero-order valence-corrected chi connectivity index (χ0v) is 87.7. The molecule has 0 radical (unpaired) electrons. The van der Waals surface area contributed by atoms with Gasteiger partial charge in [0.05, 0.1) is 66.4 Å².